The highest BCUT2D eigenvalue weighted by atomic mass is 31.2. The second-order valence-electron chi connectivity index (χ2n) is 15.1. The zero-order valence-electron chi connectivity index (χ0n) is 35.4. The summed E-state index contributed by atoms with van der Waals surface area (Å²) in [6.07, 6.45) is 45.2. The molecule has 9 heteroatoms. The van der Waals surface area contributed by atoms with Crippen molar-refractivity contribution in [1.82, 2.24) is 0 Å². The summed E-state index contributed by atoms with van der Waals surface area (Å²) in [7, 11) is -4.28. The maximum Gasteiger partial charge on any atom is 0.472 e. The Morgan fingerprint density at radius 2 is 0.889 bits per heavy atom. The fourth-order valence-electron chi connectivity index (χ4n) is 6.43. The van der Waals surface area contributed by atoms with Crippen LogP contribution in [0.25, 0.3) is 0 Å². The Balaban J connectivity index is 4.03. The average molecular weight is 785 g/mol. The second kappa shape index (κ2) is 41.2. The summed E-state index contributed by atoms with van der Waals surface area (Å²) in [5.41, 5.74) is 0. The van der Waals surface area contributed by atoms with Crippen molar-refractivity contribution in [2.75, 3.05) is 19.8 Å². The smallest absolute Gasteiger partial charge is 0.462 e. The van der Waals surface area contributed by atoms with Gasteiger partial charge in [0, 0.05) is 12.8 Å². The van der Waals surface area contributed by atoms with Crippen LogP contribution in [-0.2, 0) is 32.7 Å². The zero-order valence-corrected chi connectivity index (χ0v) is 36.3. The van der Waals surface area contributed by atoms with Gasteiger partial charge in [-0.2, -0.15) is 0 Å². The number of phosphoric ester groups is 1. The molecule has 0 saturated heterocycles. The number of phosphoric acid groups is 1. The second-order valence-corrected chi connectivity index (χ2v) is 16.5. The zero-order chi connectivity index (χ0) is 39.6. The molecule has 0 amide bonds. The molecule has 0 aliphatic carbocycles. The predicted octanol–water partition coefficient (Wildman–Crippen LogP) is 14.2. The molecule has 2 unspecified atom stereocenters. The van der Waals surface area contributed by atoms with Crippen LogP contribution in [0.3, 0.4) is 0 Å². The fourth-order valence-corrected chi connectivity index (χ4v) is 7.18. The highest BCUT2D eigenvalue weighted by Crippen LogP contribution is 2.43. The van der Waals surface area contributed by atoms with Crippen LogP contribution >= 0.6 is 7.82 Å². The predicted molar refractivity (Wildman–Crippen MR) is 226 cm³/mol. The number of allylic oxidation sites excluding steroid dienone is 4. The van der Waals surface area contributed by atoms with E-state index in [9.17, 15) is 19.0 Å². The van der Waals surface area contributed by atoms with Gasteiger partial charge in [0.2, 0.25) is 0 Å². The molecular formula is C45H85O8P. The monoisotopic (exact) mass is 785 g/mol. The first kappa shape index (κ1) is 52.5. The number of rotatable bonds is 42. The summed E-state index contributed by atoms with van der Waals surface area (Å²) in [5, 5.41) is 0. The van der Waals surface area contributed by atoms with Gasteiger partial charge in [0.25, 0.3) is 0 Å². The Morgan fingerprint density at radius 1 is 0.500 bits per heavy atom. The Labute approximate surface area is 333 Å². The maximum absolute atomic E-state index is 12.5. The minimum atomic E-state index is -4.28. The van der Waals surface area contributed by atoms with Crippen molar-refractivity contribution in [3.05, 3.63) is 24.3 Å². The van der Waals surface area contributed by atoms with Crippen LogP contribution < -0.4 is 0 Å². The van der Waals surface area contributed by atoms with E-state index in [4.69, 9.17) is 18.5 Å². The van der Waals surface area contributed by atoms with Crippen molar-refractivity contribution in [1.29, 1.82) is 0 Å². The summed E-state index contributed by atoms with van der Waals surface area (Å²) < 4.78 is 32.7. The van der Waals surface area contributed by atoms with E-state index >= 15 is 0 Å². The van der Waals surface area contributed by atoms with E-state index in [2.05, 4.69) is 38.2 Å². The van der Waals surface area contributed by atoms with Gasteiger partial charge >= 0.3 is 19.8 Å². The highest BCUT2D eigenvalue weighted by molar-refractivity contribution is 7.47. The van der Waals surface area contributed by atoms with Gasteiger partial charge in [0.15, 0.2) is 6.10 Å². The Kier molecular flexibility index (Phi) is 40.1. The van der Waals surface area contributed by atoms with Crippen molar-refractivity contribution in [2.24, 2.45) is 0 Å². The molecule has 0 aliphatic heterocycles. The van der Waals surface area contributed by atoms with Gasteiger partial charge in [-0.1, -0.05) is 186 Å². The normalized spacial score (nSPS) is 13.5. The van der Waals surface area contributed by atoms with E-state index in [1.54, 1.807) is 6.92 Å². The minimum absolute atomic E-state index is 0.000513. The summed E-state index contributed by atoms with van der Waals surface area (Å²) in [4.78, 5) is 34.8. The molecule has 0 aromatic rings. The molecule has 0 spiro atoms. The van der Waals surface area contributed by atoms with Crippen LogP contribution in [0, 0.1) is 0 Å². The van der Waals surface area contributed by atoms with Gasteiger partial charge in [0.1, 0.15) is 6.61 Å². The highest BCUT2D eigenvalue weighted by Gasteiger charge is 2.25. The molecule has 0 aromatic heterocycles. The lowest BCUT2D eigenvalue weighted by Crippen LogP contribution is -2.29. The first-order valence-corrected chi connectivity index (χ1v) is 24.1. The molecule has 2 atom stereocenters. The summed E-state index contributed by atoms with van der Waals surface area (Å²) >= 11 is 0. The van der Waals surface area contributed by atoms with Crippen molar-refractivity contribution in [2.45, 2.75) is 232 Å². The third-order valence-electron chi connectivity index (χ3n) is 9.76. The quantitative estimate of drug-likeness (QED) is 0.0282. The number of esters is 2. The summed E-state index contributed by atoms with van der Waals surface area (Å²) in [6, 6.07) is 0. The SMILES string of the molecule is CCCCC/C=C\C/C=C\CCCCCCCC(=O)OC(COC(=O)CCCCCCCCCCCCCCCCCCCCC)COP(=O)(O)OCC. The molecule has 8 nitrogen and oxygen atoms in total. The molecule has 318 valence electrons. The first-order chi connectivity index (χ1) is 26.3. The molecular weight excluding hydrogens is 699 g/mol. The molecule has 54 heavy (non-hydrogen) atoms. The Morgan fingerprint density at radius 3 is 1.35 bits per heavy atom. The topological polar surface area (TPSA) is 108 Å². The number of hydrogen-bond donors (Lipinski definition) is 1. The Bertz CT molecular complexity index is 937. The van der Waals surface area contributed by atoms with E-state index in [0.29, 0.717) is 12.8 Å². The first-order valence-electron chi connectivity index (χ1n) is 22.6. The third kappa shape index (κ3) is 40.2. The van der Waals surface area contributed by atoms with E-state index in [1.807, 2.05) is 0 Å². The summed E-state index contributed by atoms with van der Waals surface area (Å²) in [6.45, 7) is 5.46. The van der Waals surface area contributed by atoms with Gasteiger partial charge in [0.05, 0.1) is 13.2 Å². The van der Waals surface area contributed by atoms with E-state index in [-0.39, 0.29) is 25.6 Å². The van der Waals surface area contributed by atoms with Crippen LogP contribution in [0.4, 0.5) is 0 Å². The van der Waals surface area contributed by atoms with Crippen molar-refractivity contribution in [3.63, 3.8) is 0 Å². The molecule has 0 fully saturated rings. The lowest BCUT2D eigenvalue weighted by molar-refractivity contribution is -0.161. The van der Waals surface area contributed by atoms with Crippen LogP contribution in [-0.4, -0.2) is 42.8 Å². The van der Waals surface area contributed by atoms with Gasteiger partial charge in [-0.25, -0.2) is 4.57 Å². The molecule has 0 saturated carbocycles. The lowest BCUT2D eigenvalue weighted by atomic mass is 10.0. The molecule has 0 rings (SSSR count). The summed E-state index contributed by atoms with van der Waals surface area (Å²) in [5.74, 6) is -0.804. The maximum atomic E-state index is 12.5. The van der Waals surface area contributed by atoms with E-state index in [0.717, 1.165) is 57.8 Å². The van der Waals surface area contributed by atoms with Gasteiger partial charge in [-0.3, -0.25) is 18.6 Å². The lowest BCUT2D eigenvalue weighted by Gasteiger charge is -2.19. The van der Waals surface area contributed by atoms with E-state index in [1.165, 1.54) is 128 Å². The van der Waals surface area contributed by atoms with Gasteiger partial charge in [-0.05, 0) is 51.9 Å². The number of hydrogen-bond acceptors (Lipinski definition) is 7. The van der Waals surface area contributed by atoms with E-state index < -0.39 is 26.5 Å². The molecule has 0 aliphatic rings. The minimum Gasteiger partial charge on any atom is -0.462 e. The Hall–Kier alpha value is -1.47. The molecule has 0 heterocycles. The largest absolute Gasteiger partial charge is 0.472 e. The third-order valence-corrected chi connectivity index (χ3v) is 10.8. The number of unbranched alkanes of at least 4 members (excludes halogenated alkanes) is 26. The van der Waals surface area contributed by atoms with Crippen molar-refractivity contribution in [3.8, 4) is 0 Å². The van der Waals surface area contributed by atoms with Crippen molar-refractivity contribution >= 4 is 19.8 Å². The molecule has 0 aromatic carbocycles. The van der Waals surface area contributed by atoms with Crippen molar-refractivity contribution < 1.29 is 37.6 Å². The molecule has 1 N–H and O–H groups in total. The molecule has 0 bridgehead atoms. The molecule has 0 radical (unpaired) electrons. The number of carbonyl (C=O) groups excluding carboxylic acids is 2. The van der Waals surface area contributed by atoms with Crippen LogP contribution in [0.1, 0.15) is 226 Å². The van der Waals surface area contributed by atoms with Crippen LogP contribution in [0.2, 0.25) is 0 Å². The number of ether oxygens (including phenoxy) is 2. The average Bonchev–Trinajstić information content (AvgIpc) is 3.15. The van der Waals surface area contributed by atoms with Gasteiger partial charge in [-0.15, -0.1) is 0 Å². The number of carbonyl (C=O) groups is 2. The van der Waals surface area contributed by atoms with Crippen LogP contribution in [0.5, 0.6) is 0 Å². The standard InChI is InChI=1S/C45H85O8P/c1-4-7-9-11-13-15-17-19-21-22-23-24-26-27-29-31-33-35-37-39-44(46)50-41-43(42-52-54(48,49)51-6-3)53-45(47)40-38-36-34-32-30-28-25-20-18-16-14-12-10-8-5-2/h14,16,20,25,43H,4-13,15,17-19,21-24,26-42H2,1-3H3,(H,48,49)/b16-14-,25-20-. The van der Waals surface area contributed by atoms with Gasteiger partial charge < -0.3 is 14.4 Å². The van der Waals surface area contributed by atoms with Crippen LogP contribution in [0.15, 0.2) is 24.3 Å². The fraction of sp³-hybridized carbons (Fsp3) is 0.867.